The van der Waals surface area contributed by atoms with Gasteiger partial charge in [-0.15, -0.1) is 0 Å². The number of rotatable bonds is 13. The highest BCUT2D eigenvalue weighted by molar-refractivity contribution is 5.91. The Balaban J connectivity index is 1.96. The lowest BCUT2D eigenvalue weighted by molar-refractivity contribution is -0.173. The van der Waals surface area contributed by atoms with Crippen molar-refractivity contribution < 1.29 is 50.6 Å². The van der Waals surface area contributed by atoms with E-state index in [-0.39, 0.29) is 38.2 Å². The maximum Gasteiger partial charge on any atom is 0.471 e. The SMILES string of the molecule is CCC1OC(n2cc(/C=C/C(=O)NCCN(CCNC(=O)C(F)(F)F)CCNC(=O)C(F)(F)F)c(=O)[nH]c2=O)CC1O. The molecule has 5 N–H and O–H groups in total. The smallest absolute Gasteiger partial charge is 0.390 e. The first-order valence-corrected chi connectivity index (χ1v) is 12.6. The van der Waals surface area contributed by atoms with Gasteiger partial charge in [-0.05, 0) is 12.5 Å². The summed E-state index contributed by atoms with van der Waals surface area (Å²) < 4.78 is 80.9. The molecule has 1 saturated heterocycles. The first-order chi connectivity index (χ1) is 19.5. The van der Waals surface area contributed by atoms with Crippen LogP contribution in [0.2, 0.25) is 0 Å². The predicted octanol–water partition coefficient (Wildman–Crippen LogP) is -0.617. The number of nitrogens with one attached hydrogen (secondary N) is 4. The molecule has 19 heteroatoms. The number of aliphatic hydroxyl groups excluding tert-OH is 1. The van der Waals surface area contributed by atoms with Crippen LogP contribution >= 0.6 is 0 Å². The first kappa shape index (κ1) is 34.5. The summed E-state index contributed by atoms with van der Waals surface area (Å²) in [5.74, 6) is -5.16. The second-order valence-electron chi connectivity index (χ2n) is 9.06. The molecule has 0 spiro atoms. The van der Waals surface area contributed by atoms with E-state index in [1.165, 1.54) is 4.90 Å². The van der Waals surface area contributed by atoms with E-state index in [1.54, 1.807) is 17.6 Å². The third-order valence-electron chi connectivity index (χ3n) is 6.00. The number of carbonyl (C=O) groups is 3. The molecule has 1 aromatic rings. The van der Waals surface area contributed by atoms with Crippen molar-refractivity contribution in [3.05, 3.63) is 38.7 Å². The van der Waals surface area contributed by atoms with Crippen LogP contribution in [0.4, 0.5) is 26.3 Å². The number of alkyl halides is 6. The Bertz CT molecular complexity index is 1210. The second kappa shape index (κ2) is 15.0. The van der Waals surface area contributed by atoms with E-state index in [1.807, 2.05) is 0 Å². The van der Waals surface area contributed by atoms with Gasteiger partial charge in [0.05, 0.1) is 17.8 Å². The van der Waals surface area contributed by atoms with Crippen LogP contribution in [-0.2, 0) is 19.1 Å². The lowest BCUT2D eigenvalue weighted by atomic mass is 10.1. The number of aromatic nitrogens is 2. The van der Waals surface area contributed by atoms with Gasteiger partial charge < -0.3 is 25.8 Å². The zero-order chi connectivity index (χ0) is 31.7. The van der Waals surface area contributed by atoms with Crippen molar-refractivity contribution in [1.29, 1.82) is 0 Å². The molecule has 0 bridgehead atoms. The summed E-state index contributed by atoms with van der Waals surface area (Å²) in [6.07, 6.45) is -8.62. The van der Waals surface area contributed by atoms with Crippen molar-refractivity contribution in [2.24, 2.45) is 0 Å². The molecule has 0 radical (unpaired) electrons. The van der Waals surface area contributed by atoms with E-state index >= 15 is 0 Å². The van der Waals surface area contributed by atoms with Crippen LogP contribution in [0.25, 0.3) is 6.08 Å². The number of amides is 3. The number of ether oxygens (including phenoxy) is 1. The molecule has 1 aromatic heterocycles. The Kier molecular flexibility index (Phi) is 12.3. The molecular formula is C23H30F6N6O7. The fourth-order valence-corrected chi connectivity index (χ4v) is 3.84. The summed E-state index contributed by atoms with van der Waals surface area (Å²) >= 11 is 0. The lowest BCUT2D eigenvalue weighted by Gasteiger charge is -2.23. The molecule has 3 amide bonds. The normalized spacial score (nSPS) is 19.3. The Hall–Kier alpha value is -3.71. The highest BCUT2D eigenvalue weighted by Gasteiger charge is 2.39. The Morgan fingerprint density at radius 1 is 1.02 bits per heavy atom. The largest absolute Gasteiger partial charge is 0.471 e. The summed E-state index contributed by atoms with van der Waals surface area (Å²) in [6.45, 7) is -0.0561. The van der Waals surface area contributed by atoms with Gasteiger partial charge in [0.2, 0.25) is 5.91 Å². The van der Waals surface area contributed by atoms with Crippen molar-refractivity contribution in [2.45, 2.75) is 50.6 Å². The van der Waals surface area contributed by atoms with Crippen LogP contribution in [0.3, 0.4) is 0 Å². The topological polar surface area (TPSA) is 175 Å². The quantitative estimate of drug-likeness (QED) is 0.144. The minimum Gasteiger partial charge on any atom is -0.390 e. The van der Waals surface area contributed by atoms with Crippen LogP contribution in [0.5, 0.6) is 0 Å². The average Bonchev–Trinajstić information content (AvgIpc) is 3.26. The van der Waals surface area contributed by atoms with Crippen LogP contribution in [0.1, 0.15) is 31.6 Å². The predicted molar refractivity (Wildman–Crippen MR) is 133 cm³/mol. The maximum absolute atomic E-state index is 12.4. The summed E-state index contributed by atoms with van der Waals surface area (Å²) in [5.41, 5.74) is -1.68. The molecule has 13 nitrogen and oxygen atoms in total. The van der Waals surface area contributed by atoms with E-state index in [4.69, 9.17) is 4.74 Å². The zero-order valence-electron chi connectivity index (χ0n) is 22.2. The summed E-state index contributed by atoms with van der Waals surface area (Å²) in [5, 5.41) is 15.7. The Morgan fingerprint density at radius 2 is 1.55 bits per heavy atom. The molecule has 2 rings (SSSR count). The number of halogens is 6. The van der Waals surface area contributed by atoms with Gasteiger partial charge in [0.25, 0.3) is 5.56 Å². The van der Waals surface area contributed by atoms with Gasteiger partial charge in [0.1, 0.15) is 6.23 Å². The van der Waals surface area contributed by atoms with Crippen molar-refractivity contribution in [1.82, 2.24) is 30.4 Å². The van der Waals surface area contributed by atoms with E-state index in [9.17, 15) is 55.4 Å². The molecule has 0 aromatic carbocycles. The molecule has 236 valence electrons. The molecule has 1 aliphatic rings. The number of aliphatic hydroxyl groups is 1. The van der Waals surface area contributed by atoms with Gasteiger partial charge in [-0.25, -0.2) is 4.79 Å². The average molecular weight is 617 g/mol. The van der Waals surface area contributed by atoms with E-state index in [2.05, 4.69) is 10.3 Å². The molecule has 42 heavy (non-hydrogen) atoms. The second-order valence-corrected chi connectivity index (χ2v) is 9.06. The minimum absolute atomic E-state index is 0.0924. The van der Waals surface area contributed by atoms with E-state index in [0.29, 0.717) is 6.42 Å². The summed E-state index contributed by atoms with van der Waals surface area (Å²) in [4.78, 5) is 62.0. The van der Waals surface area contributed by atoms with Crippen molar-refractivity contribution >= 4 is 23.8 Å². The highest BCUT2D eigenvalue weighted by Crippen LogP contribution is 2.29. The molecule has 1 aliphatic heterocycles. The van der Waals surface area contributed by atoms with Crippen LogP contribution in [-0.4, -0.2) is 101 Å². The Labute approximate surface area is 233 Å². The van der Waals surface area contributed by atoms with Gasteiger partial charge in [-0.1, -0.05) is 6.92 Å². The van der Waals surface area contributed by atoms with Crippen LogP contribution in [0.15, 0.2) is 21.9 Å². The number of hydrogen-bond acceptors (Lipinski definition) is 8. The monoisotopic (exact) mass is 616 g/mol. The first-order valence-electron chi connectivity index (χ1n) is 12.6. The van der Waals surface area contributed by atoms with Crippen molar-refractivity contribution in [2.75, 3.05) is 39.3 Å². The number of nitrogens with zero attached hydrogens (tertiary/aromatic N) is 2. The third-order valence-corrected chi connectivity index (χ3v) is 6.00. The fraction of sp³-hybridized carbons (Fsp3) is 0.609. The van der Waals surface area contributed by atoms with E-state index in [0.717, 1.165) is 22.9 Å². The molecule has 0 saturated carbocycles. The zero-order valence-corrected chi connectivity index (χ0v) is 22.2. The van der Waals surface area contributed by atoms with Crippen molar-refractivity contribution in [3.63, 3.8) is 0 Å². The highest BCUT2D eigenvalue weighted by atomic mass is 19.4. The maximum atomic E-state index is 12.4. The van der Waals surface area contributed by atoms with Crippen LogP contribution < -0.4 is 27.2 Å². The number of aromatic amines is 1. The number of carbonyl (C=O) groups excluding carboxylic acids is 3. The molecule has 2 heterocycles. The lowest BCUT2D eigenvalue weighted by Crippen LogP contribution is -2.46. The van der Waals surface area contributed by atoms with E-state index < -0.39 is 72.8 Å². The molecule has 3 atom stereocenters. The van der Waals surface area contributed by atoms with Gasteiger partial charge in [-0.2, -0.15) is 26.3 Å². The van der Waals surface area contributed by atoms with Crippen LogP contribution in [0, 0.1) is 0 Å². The molecule has 0 aliphatic carbocycles. The van der Waals surface area contributed by atoms with Gasteiger partial charge in [0.15, 0.2) is 0 Å². The molecule has 3 unspecified atom stereocenters. The van der Waals surface area contributed by atoms with Gasteiger partial charge >= 0.3 is 29.9 Å². The summed E-state index contributed by atoms with van der Waals surface area (Å²) in [6, 6.07) is 0. The number of hydrogen-bond donors (Lipinski definition) is 5. The number of H-pyrrole nitrogens is 1. The minimum atomic E-state index is -5.13. The fourth-order valence-electron chi connectivity index (χ4n) is 3.84. The molecule has 1 fully saturated rings. The summed E-state index contributed by atoms with van der Waals surface area (Å²) in [7, 11) is 0. The Morgan fingerprint density at radius 3 is 2.02 bits per heavy atom. The van der Waals surface area contributed by atoms with Gasteiger partial charge in [0, 0.05) is 58.0 Å². The molecular weight excluding hydrogens is 586 g/mol. The van der Waals surface area contributed by atoms with Crippen molar-refractivity contribution in [3.8, 4) is 0 Å². The standard InChI is InChI=1S/C23H30F6N6O7/c1-2-15-14(36)11-17(42-15)35-12-13(18(38)33-21(35)41)3-4-16(37)30-5-8-34(9-6-31-19(39)22(24,25)26)10-7-32-20(40)23(27,28)29/h3-4,12,14-15,17,36H,2,5-11H2,1H3,(H,30,37)(H,31,39)(H,32,40)(H,33,38,41)/b4-3+. The third kappa shape index (κ3) is 10.6. The van der Waals surface area contributed by atoms with Gasteiger partial charge in [-0.3, -0.25) is 33.6 Å².